The van der Waals surface area contributed by atoms with Gasteiger partial charge in [-0.1, -0.05) is 42.5 Å². The number of nitrogens with zero attached hydrogens (tertiary/aromatic N) is 2. The molecule has 0 saturated heterocycles. The van der Waals surface area contributed by atoms with Crippen LogP contribution in [-0.2, 0) is 22.7 Å². The van der Waals surface area contributed by atoms with Crippen molar-refractivity contribution in [1.29, 1.82) is 0 Å². The number of para-hydroxylation sites is 1. The van der Waals surface area contributed by atoms with Crippen LogP contribution in [0.2, 0.25) is 0 Å². The maximum atomic E-state index is 12.4. The third-order valence-corrected chi connectivity index (χ3v) is 4.21. The summed E-state index contributed by atoms with van der Waals surface area (Å²) in [5, 5.41) is 3.42. The van der Waals surface area contributed by atoms with Crippen molar-refractivity contribution in [3.05, 3.63) is 76.8 Å². The maximum absolute atomic E-state index is 12.4. The first kappa shape index (κ1) is 18.8. The van der Waals surface area contributed by atoms with Gasteiger partial charge >= 0.3 is 0 Å². The molecular formula is C21H23N3O3. The number of carbonyl (C=O) groups excluding carboxylic acids is 1. The van der Waals surface area contributed by atoms with Crippen LogP contribution in [0.25, 0.3) is 10.9 Å². The van der Waals surface area contributed by atoms with Crippen LogP contribution in [0.4, 0.5) is 0 Å². The van der Waals surface area contributed by atoms with Crippen molar-refractivity contribution in [3.8, 4) is 0 Å². The number of aromatic nitrogens is 2. The minimum atomic E-state index is -0.122. The Labute approximate surface area is 157 Å². The second-order valence-electron chi connectivity index (χ2n) is 6.25. The predicted molar refractivity (Wildman–Crippen MR) is 104 cm³/mol. The normalized spacial score (nSPS) is 10.8. The molecule has 2 aromatic carbocycles. The lowest BCUT2D eigenvalue weighted by Crippen LogP contribution is -2.28. The van der Waals surface area contributed by atoms with Gasteiger partial charge in [-0.15, -0.1) is 0 Å². The highest BCUT2D eigenvalue weighted by Crippen LogP contribution is 2.05. The summed E-state index contributed by atoms with van der Waals surface area (Å²) in [4.78, 5) is 28.6. The Morgan fingerprint density at radius 3 is 2.70 bits per heavy atom. The van der Waals surface area contributed by atoms with Gasteiger partial charge in [-0.25, -0.2) is 4.98 Å². The molecule has 6 heteroatoms. The minimum absolute atomic E-state index is 0.0851. The fourth-order valence-corrected chi connectivity index (χ4v) is 2.74. The highest BCUT2D eigenvalue weighted by Gasteiger charge is 2.06. The zero-order valence-electron chi connectivity index (χ0n) is 15.1. The van der Waals surface area contributed by atoms with Crippen molar-refractivity contribution in [3.63, 3.8) is 0 Å². The lowest BCUT2D eigenvalue weighted by molar-refractivity contribution is -0.121. The van der Waals surface area contributed by atoms with Gasteiger partial charge in [0.1, 0.15) is 0 Å². The number of rotatable bonds is 9. The Balaban J connectivity index is 1.35. The van der Waals surface area contributed by atoms with E-state index in [9.17, 15) is 9.59 Å². The fraction of sp³-hybridized carbons (Fsp3) is 0.286. The Bertz CT molecular complexity index is 938. The summed E-state index contributed by atoms with van der Waals surface area (Å²) in [7, 11) is 0. The molecule has 0 atom stereocenters. The summed E-state index contributed by atoms with van der Waals surface area (Å²) < 4.78 is 7.06. The van der Waals surface area contributed by atoms with Crippen LogP contribution in [0.15, 0.2) is 65.7 Å². The summed E-state index contributed by atoms with van der Waals surface area (Å²) in [5.74, 6) is -0.0851. The molecular weight excluding hydrogens is 342 g/mol. The molecule has 140 valence electrons. The molecule has 27 heavy (non-hydrogen) atoms. The van der Waals surface area contributed by atoms with E-state index in [0.29, 0.717) is 37.2 Å². The van der Waals surface area contributed by atoms with E-state index in [-0.39, 0.29) is 17.9 Å². The van der Waals surface area contributed by atoms with E-state index in [1.54, 1.807) is 12.1 Å². The first-order chi connectivity index (χ1) is 13.2. The summed E-state index contributed by atoms with van der Waals surface area (Å²) in [6.45, 7) is 2.03. The average molecular weight is 365 g/mol. The van der Waals surface area contributed by atoms with Crippen LogP contribution < -0.4 is 10.9 Å². The van der Waals surface area contributed by atoms with Gasteiger partial charge in [-0.2, -0.15) is 0 Å². The van der Waals surface area contributed by atoms with Gasteiger partial charge in [0.05, 0.1) is 23.8 Å². The van der Waals surface area contributed by atoms with Crippen molar-refractivity contribution in [2.24, 2.45) is 0 Å². The van der Waals surface area contributed by atoms with Gasteiger partial charge in [0.2, 0.25) is 5.91 Å². The number of hydrogen-bond donors (Lipinski definition) is 1. The van der Waals surface area contributed by atoms with Crippen molar-refractivity contribution in [2.45, 2.75) is 26.0 Å². The standard InChI is InChI=1S/C21H23N3O3/c25-20(22-12-6-14-27-15-17-7-2-1-3-8-17)11-13-24-16-23-19-10-5-4-9-18(19)21(24)26/h1-5,7-10,16H,6,11-15H2,(H,22,25). The average Bonchev–Trinajstić information content (AvgIpc) is 2.71. The molecule has 0 spiro atoms. The molecule has 0 saturated carbocycles. The second-order valence-corrected chi connectivity index (χ2v) is 6.25. The van der Waals surface area contributed by atoms with Crippen molar-refractivity contribution in [2.75, 3.05) is 13.2 Å². The summed E-state index contributed by atoms with van der Waals surface area (Å²) >= 11 is 0. The van der Waals surface area contributed by atoms with Gasteiger partial charge in [-0.05, 0) is 24.1 Å². The van der Waals surface area contributed by atoms with E-state index in [1.165, 1.54) is 10.9 Å². The third kappa shape index (κ3) is 5.49. The smallest absolute Gasteiger partial charge is 0.261 e. The SMILES string of the molecule is O=C(CCn1cnc2ccccc2c1=O)NCCCOCc1ccccc1. The fourth-order valence-electron chi connectivity index (χ4n) is 2.74. The molecule has 1 N–H and O–H groups in total. The van der Waals surface area contributed by atoms with E-state index in [1.807, 2.05) is 42.5 Å². The maximum Gasteiger partial charge on any atom is 0.261 e. The molecule has 0 fully saturated rings. The zero-order valence-corrected chi connectivity index (χ0v) is 15.1. The van der Waals surface area contributed by atoms with Crippen LogP contribution >= 0.6 is 0 Å². The topological polar surface area (TPSA) is 73.2 Å². The molecule has 1 amide bonds. The molecule has 3 aromatic rings. The number of fused-ring (bicyclic) bond motifs is 1. The van der Waals surface area contributed by atoms with Crippen molar-refractivity contribution in [1.82, 2.24) is 14.9 Å². The van der Waals surface area contributed by atoms with Gasteiger partial charge in [0.15, 0.2) is 0 Å². The lowest BCUT2D eigenvalue weighted by atomic mass is 10.2. The number of nitrogens with one attached hydrogen (secondary N) is 1. The molecule has 0 aliphatic heterocycles. The molecule has 0 aliphatic rings. The summed E-state index contributed by atoms with van der Waals surface area (Å²) in [6.07, 6.45) is 2.48. The Morgan fingerprint density at radius 1 is 1.07 bits per heavy atom. The number of ether oxygens (including phenoxy) is 1. The van der Waals surface area contributed by atoms with Crippen LogP contribution in [0.5, 0.6) is 0 Å². The lowest BCUT2D eigenvalue weighted by Gasteiger charge is -2.08. The van der Waals surface area contributed by atoms with E-state index in [4.69, 9.17) is 4.74 Å². The van der Waals surface area contributed by atoms with E-state index in [0.717, 1.165) is 12.0 Å². The minimum Gasteiger partial charge on any atom is -0.377 e. The molecule has 1 aromatic heterocycles. The molecule has 0 radical (unpaired) electrons. The molecule has 0 aliphatic carbocycles. The van der Waals surface area contributed by atoms with Crippen molar-refractivity contribution >= 4 is 16.8 Å². The summed E-state index contributed by atoms with van der Waals surface area (Å²) in [6, 6.07) is 17.2. The van der Waals surface area contributed by atoms with Gasteiger partial charge in [0.25, 0.3) is 5.56 Å². The molecule has 0 unspecified atom stereocenters. The number of aryl methyl sites for hydroxylation is 1. The predicted octanol–water partition coefficient (Wildman–Crippen LogP) is 2.51. The van der Waals surface area contributed by atoms with Crippen LogP contribution in [-0.4, -0.2) is 28.6 Å². The molecule has 6 nitrogen and oxygen atoms in total. The van der Waals surface area contributed by atoms with E-state index >= 15 is 0 Å². The number of hydrogen-bond acceptors (Lipinski definition) is 4. The highest BCUT2D eigenvalue weighted by atomic mass is 16.5. The van der Waals surface area contributed by atoms with Gasteiger partial charge < -0.3 is 10.1 Å². The zero-order chi connectivity index (χ0) is 18.9. The first-order valence-electron chi connectivity index (χ1n) is 9.06. The van der Waals surface area contributed by atoms with E-state index in [2.05, 4.69) is 10.3 Å². The van der Waals surface area contributed by atoms with Crippen LogP contribution in [0.3, 0.4) is 0 Å². The second kappa shape index (κ2) is 9.64. The third-order valence-electron chi connectivity index (χ3n) is 4.21. The first-order valence-corrected chi connectivity index (χ1v) is 9.06. The van der Waals surface area contributed by atoms with Crippen LogP contribution in [0, 0.1) is 0 Å². The Kier molecular flexibility index (Phi) is 6.71. The molecule has 3 rings (SSSR count). The Hall–Kier alpha value is -2.99. The molecule has 1 heterocycles. The monoisotopic (exact) mass is 365 g/mol. The summed E-state index contributed by atoms with van der Waals surface area (Å²) in [5.41, 5.74) is 1.68. The van der Waals surface area contributed by atoms with Gasteiger partial charge in [0, 0.05) is 26.1 Å². The van der Waals surface area contributed by atoms with Crippen molar-refractivity contribution < 1.29 is 9.53 Å². The van der Waals surface area contributed by atoms with E-state index < -0.39 is 0 Å². The number of amides is 1. The quantitative estimate of drug-likeness (QED) is 0.592. The Morgan fingerprint density at radius 2 is 1.85 bits per heavy atom. The highest BCUT2D eigenvalue weighted by molar-refractivity contribution is 5.77. The van der Waals surface area contributed by atoms with Crippen LogP contribution in [0.1, 0.15) is 18.4 Å². The largest absolute Gasteiger partial charge is 0.377 e. The van der Waals surface area contributed by atoms with Gasteiger partial charge in [-0.3, -0.25) is 14.2 Å². The number of benzene rings is 2. The number of carbonyl (C=O) groups is 1. The molecule has 0 bridgehead atoms.